The molecule has 0 bridgehead atoms. The standard InChI is InChI=1S/C17H21NO2/c1-11-17(2,3)16-13-7-5-4-6-12(13)8-9-14(16)18(11)10-15(19)20/h5,7-9,11H,4,6,10H2,1-3H3,(H,19,20)/p+1. The number of hydrogen-bond donors (Lipinski definition) is 2. The van der Waals surface area contributed by atoms with E-state index in [1.54, 1.807) is 0 Å². The number of rotatable bonds is 2. The Morgan fingerprint density at radius 3 is 2.90 bits per heavy atom. The van der Waals surface area contributed by atoms with Crippen molar-refractivity contribution in [3.63, 3.8) is 0 Å². The normalized spacial score (nSPS) is 26.1. The summed E-state index contributed by atoms with van der Waals surface area (Å²) in [4.78, 5) is 12.3. The third kappa shape index (κ3) is 1.80. The minimum absolute atomic E-state index is 0.00708. The number of aryl methyl sites for hydroxylation is 1. The van der Waals surface area contributed by atoms with Crippen molar-refractivity contribution in [2.45, 2.75) is 45.1 Å². The SMILES string of the molecule is CC1[NH+](CC(=O)O)c2ccc3c(c2C1(C)C)C=CCC3. The largest absolute Gasteiger partial charge is 0.477 e. The lowest BCUT2D eigenvalue weighted by atomic mass is 9.76. The second kappa shape index (κ2) is 4.45. The predicted octanol–water partition coefficient (Wildman–Crippen LogP) is 1.93. The van der Waals surface area contributed by atoms with Crippen molar-refractivity contribution in [1.29, 1.82) is 0 Å². The smallest absolute Gasteiger partial charge is 0.359 e. The zero-order valence-electron chi connectivity index (χ0n) is 12.4. The lowest BCUT2D eigenvalue weighted by Crippen LogP contribution is -3.11. The second-order valence-electron chi connectivity index (χ2n) is 6.54. The number of benzene rings is 1. The number of carbonyl (C=O) groups is 1. The Morgan fingerprint density at radius 1 is 1.45 bits per heavy atom. The Balaban J connectivity index is 2.19. The maximum Gasteiger partial charge on any atom is 0.359 e. The van der Waals surface area contributed by atoms with E-state index in [1.165, 1.54) is 22.4 Å². The summed E-state index contributed by atoms with van der Waals surface area (Å²) in [6.07, 6.45) is 6.67. The van der Waals surface area contributed by atoms with Gasteiger partial charge in [0, 0.05) is 11.0 Å². The molecule has 0 amide bonds. The van der Waals surface area contributed by atoms with Gasteiger partial charge in [-0.2, -0.15) is 0 Å². The average molecular weight is 272 g/mol. The van der Waals surface area contributed by atoms with Gasteiger partial charge in [0.15, 0.2) is 6.54 Å². The number of nitrogens with one attached hydrogen (secondary N) is 1. The van der Waals surface area contributed by atoms with E-state index in [0.29, 0.717) is 0 Å². The highest BCUT2D eigenvalue weighted by Gasteiger charge is 2.48. The van der Waals surface area contributed by atoms with Gasteiger partial charge in [-0.1, -0.05) is 18.2 Å². The van der Waals surface area contributed by atoms with Gasteiger partial charge in [-0.05, 0) is 50.8 Å². The van der Waals surface area contributed by atoms with Crippen LogP contribution in [0.25, 0.3) is 6.08 Å². The van der Waals surface area contributed by atoms with Crippen LogP contribution < -0.4 is 4.90 Å². The molecule has 0 spiro atoms. The fourth-order valence-corrected chi connectivity index (χ4v) is 3.77. The van der Waals surface area contributed by atoms with Crippen molar-refractivity contribution >= 4 is 17.7 Å². The first kappa shape index (κ1) is 13.4. The zero-order chi connectivity index (χ0) is 14.5. The maximum atomic E-state index is 11.2. The van der Waals surface area contributed by atoms with Gasteiger partial charge >= 0.3 is 5.97 Å². The first-order valence-electron chi connectivity index (χ1n) is 7.33. The van der Waals surface area contributed by atoms with Crippen LogP contribution in [0.2, 0.25) is 0 Å². The fourth-order valence-electron chi connectivity index (χ4n) is 3.77. The number of hydrogen-bond acceptors (Lipinski definition) is 1. The highest BCUT2D eigenvalue weighted by Crippen LogP contribution is 2.41. The van der Waals surface area contributed by atoms with Gasteiger partial charge in [-0.25, -0.2) is 4.79 Å². The van der Waals surface area contributed by atoms with E-state index >= 15 is 0 Å². The molecule has 3 nitrogen and oxygen atoms in total. The van der Waals surface area contributed by atoms with Gasteiger partial charge in [0.1, 0.15) is 5.69 Å². The van der Waals surface area contributed by atoms with Gasteiger partial charge in [0.2, 0.25) is 0 Å². The van der Waals surface area contributed by atoms with Crippen LogP contribution >= 0.6 is 0 Å². The zero-order valence-corrected chi connectivity index (χ0v) is 12.4. The van der Waals surface area contributed by atoms with E-state index in [0.717, 1.165) is 17.7 Å². The molecular formula is C17H22NO2+. The highest BCUT2D eigenvalue weighted by atomic mass is 16.4. The topological polar surface area (TPSA) is 41.7 Å². The van der Waals surface area contributed by atoms with Crippen LogP contribution in [0.3, 0.4) is 0 Å². The van der Waals surface area contributed by atoms with Crippen molar-refractivity contribution in [2.75, 3.05) is 6.54 Å². The molecule has 3 heteroatoms. The summed E-state index contributed by atoms with van der Waals surface area (Å²) in [6, 6.07) is 4.61. The van der Waals surface area contributed by atoms with Crippen molar-refractivity contribution in [3.05, 3.63) is 34.9 Å². The number of carboxylic acid groups (broad SMARTS) is 1. The molecule has 0 fully saturated rings. The molecule has 1 aliphatic carbocycles. The molecule has 1 aromatic rings. The number of carboxylic acids is 1. The summed E-state index contributed by atoms with van der Waals surface area (Å²) in [5, 5.41) is 9.19. The molecule has 2 N–H and O–H groups in total. The Hall–Kier alpha value is -1.61. The molecule has 2 aliphatic rings. The third-order valence-corrected chi connectivity index (χ3v) is 5.14. The van der Waals surface area contributed by atoms with Crippen LogP contribution in [0.15, 0.2) is 18.2 Å². The third-order valence-electron chi connectivity index (χ3n) is 5.14. The summed E-state index contributed by atoms with van der Waals surface area (Å²) in [6.45, 7) is 6.81. The van der Waals surface area contributed by atoms with Crippen LogP contribution in [0, 0.1) is 0 Å². The lowest BCUT2D eigenvalue weighted by Gasteiger charge is -2.26. The molecule has 1 aromatic carbocycles. The lowest BCUT2D eigenvalue weighted by molar-refractivity contribution is -0.848. The van der Waals surface area contributed by atoms with E-state index in [4.69, 9.17) is 0 Å². The van der Waals surface area contributed by atoms with Crippen molar-refractivity contribution in [3.8, 4) is 0 Å². The number of fused-ring (bicyclic) bond motifs is 3. The molecule has 1 heterocycles. The van der Waals surface area contributed by atoms with E-state index < -0.39 is 5.97 Å². The second-order valence-corrected chi connectivity index (χ2v) is 6.54. The van der Waals surface area contributed by atoms with Crippen LogP contribution in [0.4, 0.5) is 5.69 Å². The summed E-state index contributed by atoms with van der Waals surface area (Å²) in [5.74, 6) is -0.733. The van der Waals surface area contributed by atoms with Crippen molar-refractivity contribution < 1.29 is 14.8 Å². The van der Waals surface area contributed by atoms with E-state index in [2.05, 4.69) is 45.1 Å². The summed E-state index contributed by atoms with van der Waals surface area (Å²) in [7, 11) is 0. The summed E-state index contributed by atoms with van der Waals surface area (Å²) in [5.41, 5.74) is 5.28. The first-order valence-corrected chi connectivity index (χ1v) is 7.33. The molecule has 0 saturated carbocycles. The quantitative estimate of drug-likeness (QED) is 0.864. The van der Waals surface area contributed by atoms with Gasteiger partial charge in [0.05, 0.1) is 6.04 Å². The van der Waals surface area contributed by atoms with Crippen LogP contribution in [-0.4, -0.2) is 23.7 Å². The summed E-state index contributed by atoms with van der Waals surface area (Å²) >= 11 is 0. The number of aliphatic carboxylic acids is 1. The Bertz CT molecular complexity index is 601. The number of allylic oxidation sites excluding steroid dienone is 1. The average Bonchev–Trinajstić information content (AvgIpc) is 2.60. The van der Waals surface area contributed by atoms with Gasteiger partial charge < -0.3 is 5.11 Å². The van der Waals surface area contributed by atoms with E-state index in [1.807, 2.05) is 0 Å². The monoisotopic (exact) mass is 272 g/mol. The van der Waals surface area contributed by atoms with Crippen molar-refractivity contribution in [1.82, 2.24) is 0 Å². The Kier molecular flexibility index (Phi) is 2.98. The Morgan fingerprint density at radius 2 is 2.20 bits per heavy atom. The highest BCUT2D eigenvalue weighted by molar-refractivity contribution is 5.71. The molecule has 2 unspecified atom stereocenters. The first-order chi connectivity index (χ1) is 9.43. The van der Waals surface area contributed by atoms with E-state index in [9.17, 15) is 9.90 Å². The predicted molar refractivity (Wildman–Crippen MR) is 79.4 cm³/mol. The molecule has 20 heavy (non-hydrogen) atoms. The van der Waals surface area contributed by atoms with Crippen molar-refractivity contribution in [2.24, 2.45) is 0 Å². The molecule has 0 saturated heterocycles. The molecule has 1 aliphatic heterocycles. The molecule has 106 valence electrons. The van der Waals surface area contributed by atoms with E-state index in [-0.39, 0.29) is 18.0 Å². The van der Waals surface area contributed by atoms with Gasteiger partial charge in [-0.3, -0.25) is 4.90 Å². The fraction of sp³-hybridized carbons (Fsp3) is 0.471. The minimum atomic E-state index is -0.733. The molecule has 0 aromatic heterocycles. The maximum absolute atomic E-state index is 11.2. The molecule has 3 rings (SSSR count). The molecule has 2 atom stereocenters. The number of quaternary nitrogens is 1. The molecular weight excluding hydrogens is 250 g/mol. The van der Waals surface area contributed by atoms with Gasteiger partial charge in [-0.15, -0.1) is 0 Å². The minimum Gasteiger partial charge on any atom is -0.477 e. The van der Waals surface area contributed by atoms with Crippen LogP contribution in [0.1, 0.15) is 43.9 Å². The van der Waals surface area contributed by atoms with Crippen LogP contribution in [-0.2, 0) is 16.6 Å². The summed E-state index contributed by atoms with van der Waals surface area (Å²) < 4.78 is 0. The molecule has 0 radical (unpaired) electrons. The van der Waals surface area contributed by atoms with Crippen LogP contribution in [0.5, 0.6) is 0 Å². The Labute approximate surface area is 119 Å². The van der Waals surface area contributed by atoms with Gasteiger partial charge in [0.25, 0.3) is 0 Å².